The van der Waals surface area contributed by atoms with Crippen molar-refractivity contribution in [1.29, 1.82) is 0 Å². The highest BCUT2D eigenvalue weighted by Gasteiger charge is 2.24. The second-order valence-corrected chi connectivity index (χ2v) is 13.8. The maximum atomic E-state index is 11.6. The fourth-order valence-electron chi connectivity index (χ4n) is 6.82. The molecule has 4 aromatic rings. The molecule has 4 heterocycles. The first kappa shape index (κ1) is 35.6. The lowest BCUT2D eigenvalue weighted by atomic mass is 9.99. The molecular formula is C38H42Cl2N6O4. The van der Waals surface area contributed by atoms with Gasteiger partial charge >= 0.3 is 0 Å². The molecule has 2 atom stereocenters. The molecule has 50 heavy (non-hydrogen) atoms. The normalized spacial score (nSPS) is 17.4. The maximum absolute atomic E-state index is 11.6. The monoisotopic (exact) mass is 716 g/mol. The summed E-state index contributed by atoms with van der Waals surface area (Å²) in [6.45, 7) is 2.79. The van der Waals surface area contributed by atoms with Crippen LogP contribution in [0.15, 0.2) is 60.8 Å². The number of rotatable bonds is 13. The van der Waals surface area contributed by atoms with Gasteiger partial charge in [0.15, 0.2) is 0 Å². The van der Waals surface area contributed by atoms with Crippen LogP contribution in [0, 0.1) is 0 Å². The van der Waals surface area contributed by atoms with Gasteiger partial charge in [-0.2, -0.15) is 0 Å². The zero-order chi connectivity index (χ0) is 35.4. The molecule has 2 unspecified atom stereocenters. The van der Waals surface area contributed by atoms with Crippen LogP contribution in [0.2, 0.25) is 10.0 Å². The predicted molar refractivity (Wildman–Crippen MR) is 196 cm³/mol. The van der Waals surface area contributed by atoms with Crippen LogP contribution in [-0.4, -0.2) is 85.1 Å². The number of ether oxygens (including phenoxy) is 2. The summed E-state index contributed by atoms with van der Waals surface area (Å²) in [5, 5.41) is 7.04. The number of benzene rings is 2. The molecule has 12 heteroatoms. The molecule has 2 amide bonds. The SMILES string of the molecule is COc1cc(-c2nccc(-c3cccc(-c4ccc(CN(C)CC5CCC(=O)N5)c(OC)n4)c3Cl)c2Cl)ccc1CN(C)CC1CCC(=O)N1. The Balaban J connectivity index is 1.22. The van der Waals surface area contributed by atoms with Gasteiger partial charge in [-0.05, 0) is 45.1 Å². The lowest BCUT2D eigenvalue weighted by Gasteiger charge is -2.22. The molecular weight excluding hydrogens is 675 g/mol. The van der Waals surface area contributed by atoms with Gasteiger partial charge in [0.2, 0.25) is 17.7 Å². The van der Waals surface area contributed by atoms with Crippen molar-refractivity contribution in [2.75, 3.05) is 41.4 Å². The number of carbonyl (C=O) groups excluding carboxylic acids is 2. The number of aromatic nitrogens is 2. The second-order valence-electron chi connectivity index (χ2n) is 13.1. The Hall–Kier alpha value is -4.22. The first-order valence-corrected chi connectivity index (χ1v) is 17.5. The van der Waals surface area contributed by atoms with E-state index in [4.69, 9.17) is 37.7 Å². The first-order chi connectivity index (χ1) is 24.1. The zero-order valence-electron chi connectivity index (χ0n) is 28.8. The third-order valence-electron chi connectivity index (χ3n) is 9.26. The van der Waals surface area contributed by atoms with Crippen LogP contribution in [0.4, 0.5) is 0 Å². The summed E-state index contributed by atoms with van der Waals surface area (Å²) < 4.78 is 11.5. The number of carbonyl (C=O) groups is 2. The molecule has 0 radical (unpaired) electrons. The summed E-state index contributed by atoms with van der Waals surface area (Å²) in [4.78, 5) is 37.1. The van der Waals surface area contributed by atoms with Crippen LogP contribution in [-0.2, 0) is 22.7 Å². The topological polar surface area (TPSA) is 109 Å². The van der Waals surface area contributed by atoms with Crippen molar-refractivity contribution in [2.45, 2.75) is 50.9 Å². The average Bonchev–Trinajstić information content (AvgIpc) is 3.71. The van der Waals surface area contributed by atoms with E-state index in [0.29, 0.717) is 53.2 Å². The van der Waals surface area contributed by atoms with E-state index in [-0.39, 0.29) is 23.9 Å². The van der Waals surface area contributed by atoms with E-state index in [9.17, 15) is 9.59 Å². The smallest absolute Gasteiger partial charge is 0.220 e. The van der Waals surface area contributed by atoms with Crippen LogP contribution in [0.1, 0.15) is 36.8 Å². The molecule has 2 aliphatic heterocycles. The third kappa shape index (κ3) is 8.05. The van der Waals surface area contributed by atoms with E-state index < -0.39 is 0 Å². The molecule has 0 saturated carbocycles. The molecule has 2 saturated heterocycles. The summed E-state index contributed by atoms with van der Waals surface area (Å²) in [6.07, 6.45) is 4.59. The molecule has 2 aromatic heterocycles. The van der Waals surface area contributed by atoms with E-state index in [1.165, 1.54) is 0 Å². The minimum absolute atomic E-state index is 0.109. The largest absolute Gasteiger partial charge is 0.496 e. The Bertz CT molecular complexity index is 1750. The number of nitrogens with one attached hydrogen (secondary N) is 2. The summed E-state index contributed by atoms with van der Waals surface area (Å²) in [5.41, 5.74) is 6.31. The molecule has 6 rings (SSSR count). The van der Waals surface area contributed by atoms with Crippen LogP contribution in [0.5, 0.6) is 11.6 Å². The van der Waals surface area contributed by atoms with Gasteiger partial charge in [-0.15, -0.1) is 0 Å². The van der Waals surface area contributed by atoms with Crippen molar-refractivity contribution in [1.82, 2.24) is 30.4 Å². The summed E-state index contributed by atoms with van der Waals surface area (Å²) >= 11 is 14.2. The van der Waals surface area contributed by atoms with Crippen molar-refractivity contribution in [3.05, 3.63) is 82.0 Å². The molecule has 0 aliphatic carbocycles. The minimum atomic E-state index is 0.109. The van der Waals surface area contributed by atoms with Crippen LogP contribution >= 0.6 is 23.2 Å². The lowest BCUT2D eigenvalue weighted by Crippen LogP contribution is -2.36. The number of hydrogen-bond acceptors (Lipinski definition) is 8. The number of nitrogens with zero attached hydrogens (tertiary/aromatic N) is 4. The molecule has 2 aliphatic rings. The van der Waals surface area contributed by atoms with Gasteiger partial charge in [0.25, 0.3) is 0 Å². The van der Waals surface area contributed by atoms with E-state index in [0.717, 1.165) is 65.1 Å². The number of hydrogen-bond donors (Lipinski definition) is 2. The molecule has 2 fully saturated rings. The Labute approximate surface area is 303 Å². The maximum Gasteiger partial charge on any atom is 0.220 e. The molecule has 10 nitrogen and oxygen atoms in total. The number of pyridine rings is 2. The molecule has 262 valence electrons. The minimum Gasteiger partial charge on any atom is -0.496 e. The third-order valence-corrected chi connectivity index (χ3v) is 10.1. The first-order valence-electron chi connectivity index (χ1n) is 16.7. The van der Waals surface area contributed by atoms with Gasteiger partial charge in [-0.1, -0.05) is 59.6 Å². The molecule has 0 bridgehead atoms. The van der Waals surface area contributed by atoms with Crippen molar-refractivity contribution in [3.63, 3.8) is 0 Å². The van der Waals surface area contributed by atoms with Gasteiger partial charge in [0.1, 0.15) is 5.75 Å². The second kappa shape index (κ2) is 15.8. The highest BCUT2D eigenvalue weighted by Crippen LogP contribution is 2.42. The van der Waals surface area contributed by atoms with E-state index in [1.54, 1.807) is 20.4 Å². The summed E-state index contributed by atoms with van der Waals surface area (Å²) in [5.74, 6) is 1.47. The van der Waals surface area contributed by atoms with E-state index in [2.05, 4.69) is 25.4 Å². The fraction of sp³-hybridized carbons (Fsp3) is 0.368. The number of likely N-dealkylation sites (N-methyl/N-ethyl adjacent to an activating group) is 2. The Morgan fingerprint density at radius 1 is 0.780 bits per heavy atom. The fourth-order valence-corrected chi connectivity index (χ4v) is 7.47. The molecule has 2 N–H and O–H groups in total. The average molecular weight is 718 g/mol. The van der Waals surface area contributed by atoms with Crippen LogP contribution < -0.4 is 20.1 Å². The summed E-state index contributed by atoms with van der Waals surface area (Å²) in [7, 11) is 7.33. The Kier molecular flexibility index (Phi) is 11.2. The standard InChI is InChI=1S/C38H42Cl2N6O4/c1-45(21-26-11-14-33(47)42-26)19-24-9-8-23(18-32(24)49-3)37-36(40)29(16-17-41-37)28-6-5-7-30(35(28)39)31-13-10-25(38(44-31)50-4)20-46(2)22-27-12-15-34(48)43-27/h5-10,13,16-18,26-27H,11-12,14-15,19-22H2,1-4H3,(H,42,47)(H,43,48). The van der Waals surface area contributed by atoms with Crippen molar-refractivity contribution >= 4 is 35.0 Å². The van der Waals surface area contributed by atoms with Crippen molar-refractivity contribution in [3.8, 4) is 45.3 Å². The highest BCUT2D eigenvalue weighted by atomic mass is 35.5. The van der Waals surface area contributed by atoms with Gasteiger partial charge in [0, 0.05) is 90.7 Å². The van der Waals surface area contributed by atoms with Gasteiger partial charge < -0.3 is 20.1 Å². The Morgan fingerprint density at radius 2 is 1.40 bits per heavy atom. The van der Waals surface area contributed by atoms with Crippen molar-refractivity contribution in [2.24, 2.45) is 0 Å². The zero-order valence-corrected chi connectivity index (χ0v) is 30.3. The van der Waals surface area contributed by atoms with Gasteiger partial charge in [-0.25, -0.2) is 4.98 Å². The van der Waals surface area contributed by atoms with Gasteiger partial charge in [0.05, 0.1) is 35.7 Å². The molecule has 0 spiro atoms. The van der Waals surface area contributed by atoms with Crippen LogP contribution in [0.25, 0.3) is 33.6 Å². The van der Waals surface area contributed by atoms with Gasteiger partial charge in [-0.3, -0.25) is 24.4 Å². The predicted octanol–water partition coefficient (Wildman–Crippen LogP) is 6.22. The van der Waals surface area contributed by atoms with E-state index >= 15 is 0 Å². The quantitative estimate of drug-likeness (QED) is 0.168. The Morgan fingerprint density at radius 3 is 2.02 bits per heavy atom. The molecule has 2 aromatic carbocycles. The summed E-state index contributed by atoms with van der Waals surface area (Å²) in [6, 6.07) is 17.9. The number of methoxy groups -OCH3 is 2. The lowest BCUT2D eigenvalue weighted by molar-refractivity contribution is -0.120. The van der Waals surface area contributed by atoms with E-state index in [1.807, 2.05) is 68.7 Å². The highest BCUT2D eigenvalue weighted by molar-refractivity contribution is 6.39. The number of amides is 2. The number of halogens is 2. The van der Waals surface area contributed by atoms with Crippen molar-refractivity contribution < 1.29 is 19.1 Å². The van der Waals surface area contributed by atoms with Crippen LogP contribution in [0.3, 0.4) is 0 Å².